The molecule has 0 amide bonds. The fraction of sp³-hybridized carbons (Fsp3) is 0.458. The van der Waals surface area contributed by atoms with Crippen LogP contribution in [-0.2, 0) is 12.7 Å². The van der Waals surface area contributed by atoms with E-state index in [2.05, 4.69) is 18.7 Å². The number of para-hydroxylation sites is 1. The van der Waals surface area contributed by atoms with Crippen molar-refractivity contribution >= 4 is 11.0 Å². The van der Waals surface area contributed by atoms with Gasteiger partial charge in [0.25, 0.3) is 0 Å². The van der Waals surface area contributed by atoms with Gasteiger partial charge in [0.2, 0.25) is 0 Å². The molecule has 0 unspecified atom stereocenters. The fourth-order valence-corrected chi connectivity index (χ4v) is 4.73. The van der Waals surface area contributed by atoms with Crippen molar-refractivity contribution in [3.63, 3.8) is 0 Å². The van der Waals surface area contributed by atoms with Crippen molar-refractivity contribution in [3.8, 4) is 5.75 Å². The first-order valence-electron chi connectivity index (χ1n) is 10.9. The van der Waals surface area contributed by atoms with Crippen molar-refractivity contribution in [2.24, 2.45) is 0 Å². The average Bonchev–Trinajstić information content (AvgIpc) is 3.05. The summed E-state index contributed by atoms with van der Waals surface area (Å²) in [4.78, 5) is 16.0. The molecule has 32 heavy (non-hydrogen) atoms. The number of likely N-dealkylation sites (tertiary alicyclic amines) is 1. The minimum Gasteiger partial charge on any atom is -0.494 e. The normalized spacial score (nSPS) is 16.2. The first kappa shape index (κ1) is 22.5. The lowest BCUT2D eigenvalue weighted by Crippen LogP contribution is -2.41. The average molecular weight is 448 g/mol. The topological polar surface area (TPSA) is 39.4 Å². The third-order valence-corrected chi connectivity index (χ3v) is 6.41. The highest BCUT2D eigenvalue weighted by molar-refractivity contribution is 5.83. The van der Waals surface area contributed by atoms with Crippen LogP contribution in [0.5, 0.6) is 5.75 Å². The second kappa shape index (κ2) is 8.65. The lowest BCUT2D eigenvalue weighted by Gasteiger charge is -2.35. The Bertz CT molecular complexity index is 1160. The molecule has 0 spiro atoms. The molecule has 3 aromatic rings. The number of hydrogen-bond donors (Lipinski definition) is 0. The number of rotatable bonds is 5. The molecule has 0 radical (unpaired) electrons. The van der Waals surface area contributed by atoms with Gasteiger partial charge >= 0.3 is 11.9 Å². The van der Waals surface area contributed by atoms with Crippen LogP contribution >= 0.6 is 0 Å². The standard InChI is InChI=1S/C24H28F3N3O2/c1-16(2)28-13-11-18(12-14-28)30-20-9-6-10-21(32-3)22(20)29(23(30)31)15-17-7-4-5-8-19(17)24(25,26)27/h4-10,16,18H,11-15H2,1-3H3. The van der Waals surface area contributed by atoms with Crippen molar-refractivity contribution in [1.82, 2.24) is 14.0 Å². The molecule has 2 heterocycles. The lowest BCUT2D eigenvalue weighted by molar-refractivity contribution is -0.138. The third-order valence-electron chi connectivity index (χ3n) is 6.41. The fourth-order valence-electron chi connectivity index (χ4n) is 4.73. The van der Waals surface area contributed by atoms with Gasteiger partial charge in [-0.25, -0.2) is 4.79 Å². The Balaban J connectivity index is 1.83. The van der Waals surface area contributed by atoms with Gasteiger partial charge in [0.1, 0.15) is 11.3 Å². The van der Waals surface area contributed by atoms with Crippen molar-refractivity contribution in [3.05, 3.63) is 64.1 Å². The first-order chi connectivity index (χ1) is 15.2. The van der Waals surface area contributed by atoms with Crippen molar-refractivity contribution < 1.29 is 17.9 Å². The molecule has 172 valence electrons. The molecule has 2 aromatic carbocycles. The number of alkyl halides is 3. The smallest absolute Gasteiger partial charge is 0.416 e. The van der Waals surface area contributed by atoms with Crippen LogP contribution in [0, 0.1) is 0 Å². The zero-order chi connectivity index (χ0) is 23.0. The van der Waals surface area contributed by atoms with E-state index in [0.717, 1.165) is 32.0 Å². The van der Waals surface area contributed by atoms with E-state index in [0.29, 0.717) is 22.8 Å². The van der Waals surface area contributed by atoms with Crippen LogP contribution in [0.3, 0.4) is 0 Å². The molecular weight excluding hydrogens is 419 g/mol. The number of halogens is 3. The summed E-state index contributed by atoms with van der Waals surface area (Å²) in [6.07, 6.45) is -2.87. The van der Waals surface area contributed by atoms with E-state index in [1.807, 2.05) is 12.1 Å². The molecule has 1 saturated heterocycles. The zero-order valence-electron chi connectivity index (χ0n) is 18.5. The number of ether oxygens (including phenoxy) is 1. The van der Waals surface area contributed by atoms with Gasteiger partial charge in [-0.1, -0.05) is 24.3 Å². The molecule has 0 bridgehead atoms. The van der Waals surface area contributed by atoms with Crippen LogP contribution in [0.2, 0.25) is 0 Å². The van der Waals surface area contributed by atoms with E-state index in [9.17, 15) is 18.0 Å². The molecule has 5 nitrogen and oxygen atoms in total. The molecule has 1 aromatic heterocycles. The predicted octanol–water partition coefficient (Wildman–Crippen LogP) is 4.92. The van der Waals surface area contributed by atoms with Crippen LogP contribution in [0.1, 0.15) is 43.9 Å². The number of fused-ring (bicyclic) bond motifs is 1. The summed E-state index contributed by atoms with van der Waals surface area (Å²) in [6.45, 7) is 5.89. The SMILES string of the molecule is COc1cccc2c1n(Cc1ccccc1C(F)(F)F)c(=O)n2C1CCN(C(C)C)CC1. The highest BCUT2D eigenvalue weighted by Gasteiger charge is 2.34. The maximum absolute atomic E-state index is 13.6. The van der Waals surface area contributed by atoms with Gasteiger partial charge in [-0.3, -0.25) is 9.13 Å². The molecule has 1 fully saturated rings. The van der Waals surface area contributed by atoms with Gasteiger partial charge in [-0.2, -0.15) is 13.2 Å². The Morgan fingerprint density at radius 2 is 1.75 bits per heavy atom. The summed E-state index contributed by atoms with van der Waals surface area (Å²) in [6, 6.07) is 11.2. The molecular formula is C24H28F3N3O2. The molecule has 1 aliphatic rings. The maximum atomic E-state index is 13.6. The number of benzene rings is 2. The second-order valence-corrected chi connectivity index (χ2v) is 8.58. The number of imidazole rings is 1. The first-order valence-corrected chi connectivity index (χ1v) is 10.9. The van der Waals surface area contributed by atoms with E-state index in [1.54, 1.807) is 16.7 Å². The minimum atomic E-state index is -4.49. The van der Waals surface area contributed by atoms with Gasteiger partial charge in [0.15, 0.2) is 0 Å². The zero-order valence-corrected chi connectivity index (χ0v) is 18.5. The van der Waals surface area contributed by atoms with Crippen molar-refractivity contribution in [2.45, 2.75) is 51.5 Å². The number of piperidine rings is 1. The number of nitrogens with zero attached hydrogens (tertiary/aromatic N) is 3. The molecule has 0 N–H and O–H groups in total. The van der Waals surface area contributed by atoms with E-state index in [1.165, 1.54) is 23.8 Å². The van der Waals surface area contributed by atoms with Crippen LogP contribution in [0.25, 0.3) is 11.0 Å². The number of aromatic nitrogens is 2. The van der Waals surface area contributed by atoms with E-state index in [-0.39, 0.29) is 23.8 Å². The summed E-state index contributed by atoms with van der Waals surface area (Å²) in [5.74, 6) is 0.474. The monoisotopic (exact) mass is 447 g/mol. The Hall–Kier alpha value is -2.74. The molecule has 0 saturated carbocycles. The Morgan fingerprint density at radius 1 is 1.06 bits per heavy atom. The van der Waals surface area contributed by atoms with Crippen molar-refractivity contribution in [1.29, 1.82) is 0 Å². The minimum absolute atomic E-state index is 0.00813. The molecule has 8 heteroatoms. The number of methoxy groups -OCH3 is 1. The van der Waals surface area contributed by atoms with Gasteiger partial charge in [0, 0.05) is 25.2 Å². The van der Waals surface area contributed by atoms with Crippen molar-refractivity contribution in [2.75, 3.05) is 20.2 Å². The van der Waals surface area contributed by atoms with Gasteiger partial charge < -0.3 is 9.64 Å². The maximum Gasteiger partial charge on any atom is 0.416 e. The van der Waals surface area contributed by atoms with Gasteiger partial charge in [-0.05, 0) is 50.5 Å². The summed E-state index contributed by atoms with van der Waals surface area (Å²) < 4.78 is 49.4. The summed E-state index contributed by atoms with van der Waals surface area (Å²) >= 11 is 0. The van der Waals surface area contributed by atoms with Crippen LogP contribution in [0.4, 0.5) is 13.2 Å². The van der Waals surface area contributed by atoms with E-state index >= 15 is 0 Å². The highest BCUT2D eigenvalue weighted by atomic mass is 19.4. The summed E-state index contributed by atoms with van der Waals surface area (Å²) in [5.41, 5.74) is 0.254. The Labute approximate surface area is 185 Å². The third kappa shape index (κ3) is 4.03. The Morgan fingerprint density at radius 3 is 2.38 bits per heavy atom. The quantitative estimate of drug-likeness (QED) is 0.557. The van der Waals surface area contributed by atoms with E-state index < -0.39 is 11.7 Å². The molecule has 1 aliphatic heterocycles. The van der Waals surface area contributed by atoms with Gasteiger partial charge in [-0.15, -0.1) is 0 Å². The largest absolute Gasteiger partial charge is 0.494 e. The summed E-state index contributed by atoms with van der Waals surface area (Å²) in [7, 11) is 1.51. The highest BCUT2D eigenvalue weighted by Crippen LogP contribution is 2.34. The molecule has 0 aliphatic carbocycles. The van der Waals surface area contributed by atoms with Crippen LogP contribution in [-0.4, -0.2) is 40.3 Å². The van der Waals surface area contributed by atoms with Crippen LogP contribution in [0.15, 0.2) is 47.3 Å². The molecule has 4 rings (SSSR count). The number of hydrogen-bond acceptors (Lipinski definition) is 3. The van der Waals surface area contributed by atoms with Crippen LogP contribution < -0.4 is 10.4 Å². The Kier molecular flexibility index (Phi) is 6.07. The molecule has 0 atom stereocenters. The summed E-state index contributed by atoms with van der Waals surface area (Å²) in [5, 5.41) is 0. The second-order valence-electron chi connectivity index (χ2n) is 8.58. The van der Waals surface area contributed by atoms with E-state index in [4.69, 9.17) is 4.74 Å². The van der Waals surface area contributed by atoms with Gasteiger partial charge in [0.05, 0.1) is 24.7 Å². The predicted molar refractivity (Wildman–Crippen MR) is 118 cm³/mol. The lowest BCUT2D eigenvalue weighted by atomic mass is 10.0.